The molecule has 0 aliphatic rings. The Morgan fingerprint density at radius 1 is 1.30 bits per heavy atom. The molecule has 3 rings (SSSR count). The van der Waals surface area contributed by atoms with Crippen LogP contribution < -0.4 is 0 Å². The molecule has 3 aromatic rings. The molecule has 0 bridgehead atoms. The summed E-state index contributed by atoms with van der Waals surface area (Å²) in [5.74, 6) is 0.491. The molecule has 0 saturated carbocycles. The van der Waals surface area contributed by atoms with Crippen LogP contribution in [0.15, 0.2) is 35.4 Å². The second-order valence-corrected chi connectivity index (χ2v) is 5.34. The molecule has 0 unspecified atom stereocenters. The quantitative estimate of drug-likeness (QED) is 0.592. The van der Waals surface area contributed by atoms with E-state index < -0.39 is 0 Å². The molecule has 0 aliphatic carbocycles. The van der Waals surface area contributed by atoms with Crippen molar-refractivity contribution in [1.82, 2.24) is 24.7 Å². The van der Waals surface area contributed by atoms with Gasteiger partial charge < -0.3 is 0 Å². The first-order chi connectivity index (χ1) is 11.1. The molecular weight excluding hydrogens is 310 g/mol. The first-order valence-electron chi connectivity index (χ1n) is 6.84. The number of nitriles is 1. The van der Waals surface area contributed by atoms with Crippen molar-refractivity contribution in [1.29, 1.82) is 5.26 Å². The number of nitrogens with zero attached hydrogens (tertiary/aromatic N) is 6. The van der Waals surface area contributed by atoms with Gasteiger partial charge in [0.15, 0.2) is 0 Å². The fourth-order valence-electron chi connectivity index (χ4n) is 2.12. The SMILES string of the molecule is Cc1cc(C)n(-c2n[nH]c(=S)n2/N=C\c2ccc(C#N)cc2)n1. The third-order valence-corrected chi connectivity index (χ3v) is 3.46. The summed E-state index contributed by atoms with van der Waals surface area (Å²) < 4.78 is 3.56. The second-order valence-electron chi connectivity index (χ2n) is 4.96. The summed E-state index contributed by atoms with van der Waals surface area (Å²) in [5.41, 5.74) is 3.28. The lowest BCUT2D eigenvalue weighted by atomic mass is 10.2. The predicted molar refractivity (Wildman–Crippen MR) is 88.2 cm³/mol. The number of hydrogen-bond donors (Lipinski definition) is 1. The molecular formula is C15H13N7S. The molecule has 0 atom stereocenters. The van der Waals surface area contributed by atoms with E-state index in [-0.39, 0.29) is 0 Å². The Labute approximate surface area is 137 Å². The van der Waals surface area contributed by atoms with E-state index in [9.17, 15) is 0 Å². The van der Waals surface area contributed by atoms with Gasteiger partial charge >= 0.3 is 0 Å². The molecule has 7 nitrogen and oxygen atoms in total. The Kier molecular flexibility index (Phi) is 3.87. The second kappa shape index (κ2) is 5.98. The number of benzene rings is 1. The lowest BCUT2D eigenvalue weighted by molar-refractivity contribution is 0.714. The van der Waals surface area contributed by atoms with Gasteiger partial charge in [0.25, 0.3) is 5.95 Å². The topological polar surface area (TPSA) is 87.6 Å². The van der Waals surface area contributed by atoms with E-state index in [4.69, 9.17) is 17.5 Å². The van der Waals surface area contributed by atoms with Crippen molar-refractivity contribution in [3.05, 3.63) is 57.6 Å². The van der Waals surface area contributed by atoms with Crippen molar-refractivity contribution < 1.29 is 0 Å². The Balaban J connectivity index is 1.99. The number of aromatic nitrogens is 5. The van der Waals surface area contributed by atoms with Crippen LogP contribution in [0.2, 0.25) is 0 Å². The minimum absolute atomic E-state index is 0.373. The smallest absolute Gasteiger partial charge is 0.248 e. The summed E-state index contributed by atoms with van der Waals surface area (Å²) in [6.45, 7) is 3.85. The molecule has 2 aromatic heterocycles. The van der Waals surface area contributed by atoms with Crippen molar-refractivity contribution in [3.8, 4) is 12.0 Å². The summed E-state index contributed by atoms with van der Waals surface area (Å²) in [6, 6.07) is 11.1. The maximum Gasteiger partial charge on any atom is 0.271 e. The number of hydrogen-bond acceptors (Lipinski definition) is 5. The minimum atomic E-state index is 0.373. The molecule has 0 saturated heterocycles. The number of aromatic amines is 1. The van der Waals surface area contributed by atoms with Crippen molar-refractivity contribution in [2.75, 3.05) is 0 Å². The van der Waals surface area contributed by atoms with Gasteiger partial charge in [0.1, 0.15) is 0 Å². The van der Waals surface area contributed by atoms with E-state index in [1.165, 1.54) is 4.68 Å². The van der Waals surface area contributed by atoms with Gasteiger partial charge in [-0.3, -0.25) is 0 Å². The number of H-pyrrole nitrogens is 1. The van der Waals surface area contributed by atoms with E-state index in [0.717, 1.165) is 17.0 Å². The highest BCUT2D eigenvalue weighted by molar-refractivity contribution is 7.71. The molecule has 2 heterocycles. The van der Waals surface area contributed by atoms with Crippen LogP contribution in [0, 0.1) is 29.9 Å². The summed E-state index contributed by atoms with van der Waals surface area (Å²) in [4.78, 5) is 0. The van der Waals surface area contributed by atoms with Crippen LogP contribution in [0.25, 0.3) is 5.95 Å². The van der Waals surface area contributed by atoms with Crippen LogP contribution in [0.3, 0.4) is 0 Å². The van der Waals surface area contributed by atoms with Crippen LogP contribution in [-0.4, -0.2) is 30.9 Å². The fraction of sp³-hybridized carbons (Fsp3) is 0.133. The molecule has 0 spiro atoms. The van der Waals surface area contributed by atoms with E-state index in [1.807, 2.05) is 32.0 Å². The van der Waals surface area contributed by atoms with Crippen LogP contribution in [0.1, 0.15) is 22.5 Å². The van der Waals surface area contributed by atoms with Gasteiger partial charge in [-0.1, -0.05) is 12.1 Å². The first kappa shape index (κ1) is 14.9. The van der Waals surface area contributed by atoms with Gasteiger partial charge in [-0.25, -0.2) is 9.78 Å². The molecule has 8 heteroatoms. The van der Waals surface area contributed by atoms with Crippen LogP contribution in [0.5, 0.6) is 0 Å². The van der Waals surface area contributed by atoms with Gasteiger partial charge in [-0.2, -0.15) is 20.1 Å². The summed E-state index contributed by atoms with van der Waals surface area (Å²) in [7, 11) is 0. The van der Waals surface area contributed by atoms with Crippen molar-refractivity contribution in [3.63, 3.8) is 0 Å². The van der Waals surface area contributed by atoms with E-state index in [1.54, 1.807) is 23.0 Å². The third kappa shape index (κ3) is 2.95. The molecule has 0 radical (unpaired) electrons. The predicted octanol–water partition coefficient (Wildman–Crippen LogP) is 2.50. The third-order valence-electron chi connectivity index (χ3n) is 3.19. The number of rotatable bonds is 3. The molecule has 114 valence electrons. The lowest BCUT2D eigenvalue weighted by Crippen LogP contribution is -2.07. The molecule has 0 aliphatic heterocycles. The zero-order valence-electron chi connectivity index (χ0n) is 12.6. The normalized spacial score (nSPS) is 11.0. The highest BCUT2D eigenvalue weighted by atomic mass is 32.1. The zero-order valence-corrected chi connectivity index (χ0v) is 13.4. The van der Waals surface area contributed by atoms with E-state index >= 15 is 0 Å². The monoisotopic (exact) mass is 323 g/mol. The molecule has 1 N–H and O–H groups in total. The maximum absolute atomic E-state index is 8.81. The minimum Gasteiger partial charge on any atom is -0.248 e. The fourth-order valence-corrected chi connectivity index (χ4v) is 2.30. The highest BCUT2D eigenvalue weighted by Gasteiger charge is 2.11. The standard InChI is InChI=1S/C15H13N7S/c1-10-7-11(2)21(20-10)14-18-19-15(23)22(14)17-9-13-5-3-12(8-16)4-6-13/h3-7,9H,1-2H3,(H,19,23)/b17-9-. The Morgan fingerprint density at radius 2 is 2.04 bits per heavy atom. The van der Waals surface area contributed by atoms with E-state index in [2.05, 4.69) is 26.5 Å². The Morgan fingerprint density at radius 3 is 2.65 bits per heavy atom. The Hall–Kier alpha value is -3.05. The summed E-state index contributed by atoms with van der Waals surface area (Å²) >= 11 is 5.22. The van der Waals surface area contributed by atoms with E-state index in [0.29, 0.717) is 16.3 Å². The average Bonchev–Trinajstić information content (AvgIpc) is 3.07. The summed E-state index contributed by atoms with van der Waals surface area (Å²) in [5, 5.41) is 24.5. The van der Waals surface area contributed by atoms with Gasteiger partial charge in [-0.15, -0.1) is 5.10 Å². The van der Waals surface area contributed by atoms with Gasteiger partial charge in [0, 0.05) is 5.69 Å². The van der Waals surface area contributed by atoms with Crippen molar-refractivity contribution in [2.24, 2.45) is 5.10 Å². The van der Waals surface area contributed by atoms with Crippen molar-refractivity contribution in [2.45, 2.75) is 13.8 Å². The van der Waals surface area contributed by atoms with Gasteiger partial charge in [-0.05, 0) is 49.8 Å². The molecule has 0 fully saturated rings. The molecule has 23 heavy (non-hydrogen) atoms. The highest BCUT2D eigenvalue weighted by Crippen LogP contribution is 2.10. The van der Waals surface area contributed by atoms with Gasteiger partial charge in [0.2, 0.25) is 4.77 Å². The van der Waals surface area contributed by atoms with Crippen LogP contribution in [-0.2, 0) is 0 Å². The average molecular weight is 323 g/mol. The first-order valence-corrected chi connectivity index (χ1v) is 7.25. The molecule has 1 aromatic carbocycles. The maximum atomic E-state index is 8.81. The van der Waals surface area contributed by atoms with Gasteiger partial charge in [0.05, 0.1) is 23.5 Å². The summed E-state index contributed by atoms with van der Waals surface area (Å²) in [6.07, 6.45) is 1.65. The Bertz CT molecular complexity index is 967. The number of nitrogens with one attached hydrogen (secondary N) is 1. The molecule has 0 amide bonds. The zero-order chi connectivity index (χ0) is 16.4. The van der Waals surface area contributed by atoms with Crippen molar-refractivity contribution >= 4 is 18.4 Å². The van der Waals surface area contributed by atoms with Crippen LogP contribution in [0.4, 0.5) is 0 Å². The largest absolute Gasteiger partial charge is 0.271 e. The lowest BCUT2D eigenvalue weighted by Gasteiger charge is -2.02. The number of aryl methyl sites for hydroxylation is 2. The van der Waals surface area contributed by atoms with Crippen LogP contribution >= 0.6 is 12.2 Å².